The van der Waals surface area contributed by atoms with Crippen molar-refractivity contribution in [2.24, 2.45) is 0 Å². The van der Waals surface area contributed by atoms with Crippen molar-refractivity contribution in [1.82, 2.24) is 5.32 Å². The number of amides is 3. The number of carbonyl (C=O) groups excluding carboxylic acids is 4. The lowest BCUT2D eigenvalue weighted by atomic mass is 10.1. The maximum absolute atomic E-state index is 12.6. The van der Waals surface area contributed by atoms with E-state index in [4.69, 9.17) is 4.74 Å². The Morgan fingerprint density at radius 3 is 2.25 bits per heavy atom. The second-order valence-corrected chi connectivity index (χ2v) is 6.77. The molecule has 0 radical (unpaired) electrons. The molecule has 2 rings (SSSR count). The van der Waals surface area contributed by atoms with Crippen LogP contribution in [0.5, 0.6) is 0 Å². The minimum atomic E-state index is -0.955. The van der Waals surface area contributed by atoms with Crippen molar-refractivity contribution in [3.8, 4) is 0 Å². The van der Waals surface area contributed by atoms with Gasteiger partial charge in [-0.15, -0.1) is 11.3 Å². The number of hydrogen-bond donors (Lipinski definition) is 2. The van der Waals surface area contributed by atoms with Crippen LogP contribution in [-0.2, 0) is 9.47 Å². The molecule has 0 saturated carbocycles. The van der Waals surface area contributed by atoms with Crippen molar-refractivity contribution in [3.05, 3.63) is 51.4 Å². The Morgan fingerprint density at radius 2 is 1.68 bits per heavy atom. The van der Waals surface area contributed by atoms with Crippen LogP contribution < -0.4 is 10.6 Å². The van der Waals surface area contributed by atoms with Crippen molar-refractivity contribution in [3.63, 3.8) is 0 Å². The van der Waals surface area contributed by atoms with Gasteiger partial charge in [0.05, 0.1) is 19.3 Å². The van der Waals surface area contributed by atoms with Crippen LogP contribution in [0.4, 0.5) is 9.80 Å². The summed E-state index contributed by atoms with van der Waals surface area (Å²) in [6.45, 7) is 5.25. The first-order valence-corrected chi connectivity index (χ1v) is 9.17. The number of benzene rings is 1. The summed E-state index contributed by atoms with van der Waals surface area (Å²) in [6.07, 6.45) is -0.955. The molecular formula is C19H20N2O6S. The Labute approximate surface area is 165 Å². The fourth-order valence-corrected chi connectivity index (χ4v) is 3.45. The maximum atomic E-state index is 12.6. The zero-order valence-corrected chi connectivity index (χ0v) is 16.7. The van der Waals surface area contributed by atoms with E-state index in [1.807, 2.05) is 12.2 Å². The molecule has 0 saturated heterocycles. The van der Waals surface area contributed by atoms with Gasteiger partial charge >= 0.3 is 12.1 Å². The second-order valence-electron chi connectivity index (χ2n) is 5.75. The summed E-state index contributed by atoms with van der Waals surface area (Å²) >= 11 is 0.904. The number of hydrogen-bond acceptors (Lipinski definition) is 7. The SMILES string of the molecule is CCOC(=O)c1sc(NC(=O)c2ccc(C)cc2)c(C(=O)NC(=O)OC)c1C. The third-order valence-electron chi connectivity index (χ3n) is 3.78. The molecule has 28 heavy (non-hydrogen) atoms. The molecule has 0 aliphatic carbocycles. The van der Waals surface area contributed by atoms with Crippen molar-refractivity contribution in [2.45, 2.75) is 20.8 Å². The Morgan fingerprint density at radius 1 is 1.04 bits per heavy atom. The van der Waals surface area contributed by atoms with Gasteiger partial charge in [-0.25, -0.2) is 9.59 Å². The summed E-state index contributed by atoms with van der Waals surface area (Å²) in [4.78, 5) is 48.8. The van der Waals surface area contributed by atoms with Crippen molar-refractivity contribution < 1.29 is 28.7 Å². The summed E-state index contributed by atoms with van der Waals surface area (Å²) in [5, 5.41) is 4.80. The molecule has 0 aliphatic rings. The standard InChI is InChI=1S/C19H20N2O6S/c1-5-27-18(24)14-11(3)13(16(23)21-19(25)26-4)17(28-14)20-15(22)12-8-6-10(2)7-9-12/h6-9H,5H2,1-4H3,(H,20,22)(H,21,23,25). The summed E-state index contributed by atoms with van der Waals surface area (Å²) in [5.41, 5.74) is 1.67. The van der Waals surface area contributed by atoms with Crippen LogP contribution in [0.25, 0.3) is 0 Å². The molecule has 148 valence electrons. The molecule has 0 fully saturated rings. The molecule has 1 aromatic heterocycles. The highest BCUT2D eigenvalue weighted by Crippen LogP contribution is 2.34. The number of ether oxygens (including phenoxy) is 2. The van der Waals surface area contributed by atoms with E-state index in [9.17, 15) is 19.2 Å². The number of imide groups is 1. The highest BCUT2D eigenvalue weighted by Gasteiger charge is 2.27. The molecule has 2 N–H and O–H groups in total. The van der Waals surface area contributed by atoms with Crippen LogP contribution >= 0.6 is 11.3 Å². The zero-order chi connectivity index (χ0) is 20.8. The second kappa shape index (κ2) is 9.14. The average molecular weight is 404 g/mol. The van der Waals surface area contributed by atoms with Crippen LogP contribution in [0.3, 0.4) is 0 Å². The van der Waals surface area contributed by atoms with Gasteiger partial charge < -0.3 is 14.8 Å². The number of alkyl carbamates (subject to hydrolysis) is 1. The lowest BCUT2D eigenvalue weighted by molar-refractivity contribution is 0.0531. The van der Waals surface area contributed by atoms with Gasteiger partial charge in [-0.2, -0.15) is 0 Å². The van der Waals surface area contributed by atoms with E-state index in [2.05, 4.69) is 10.1 Å². The molecule has 0 aliphatic heterocycles. The molecule has 0 atom stereocenters. The lowest BCUT2D eigenvalue weighted by Gasteiger charge is -2.08. The monoisotopic (exact) mass is 404 g/mol. The number of nitrogens with one attached hydrogen (secondary N) is 2. The third kappa shape index (κ3) is 4.74. The number of aryl methyl sites for hydroxylation is 1. The van der Waals surface area contributed by atoms with Gasteiger partial charge in [0.2, 0.25) is 0 Å². The van der Waals surface area contributed by atoms with Gasteiger partial charge in [0, 0.05) is 5.56 Å². The molecule has 1 aromatic carbocycles. The number of thiophene rings is 1. The third-order valence-corrected chi connectivity index (χ3v) is 4.96. The minimum Gasteiger partial charge on any atom is -0.462 e. The molecule has 0 unspecified atom stereocenters. The molecule has 9 heteroatoms. The van der Waals surface area contributed by atoms with Crippen LogP contribution in [0.15, 0.2) is 24.3 Å². The van der Waals surface area contributed by atoms with E-state index >= 15 is 0 Å². The number of anilines is 1. The fraction of sp³-hybridized carbons (Fsp3) is 0.263. The molecule has 1 heterocycles. The Bertz CT molecular complexity index is 917. The quantitative estimate of drug-likeness (QED) is 0.740. The topological polar surface area (TPSA) is 111 Å². The average Bonchev–Trinajstić information content (AvgIpc) is 2.98. The van der Waals surface area contributed by atoms with Gasteiger partial charge in [0.25, 0.3) is 11.8 Å². The van der Waals surface area contributed by atoms with E-state index in [-0.39, 0.29) is 22.0 Å². The number of esters is 1. The highest BCUT2D eigenvalue weighted by molar-refractivity contribution is 7.18. The maximum Gasteiger partial charge on any atom is 0.413 e. The normalized spacial score (nSPS) is 10.1. The Kier molecular flexibility index (Phi) is 6.89. The molecule has 3 amide bonds. The van der Waals surface area contributed by atoms with Crippen LogP contribution in [0.1, 0.15) is 48.4 Å². The number of carbonyl (C=O) groups is 4. The van der Waals surface area contributed by atoms with Gasteiger partial charge in [0.1, 0.15) is 9.88 Å². The van der Waals surface area contributed by atoms with Gasteiger partial charge in [-0.1, -0.05) is 17.7 Å². The van der Waals surface area contributed by atoms with E-state index in [0.29, 0.717) is 11.1 Å². The van der Waals surface area contributed by atoms with E-state index in [1.165, 1.54) is 6.92 Å². The predicted octanol–water partition coefficient (Wildman–Crippen LogP) is 3.29. The predicted molar refractivity (Wildman–Crippen MR) is 104 cm³/mol. The minimum absolute atomic E-state index is 0.00100. The first-order chi connectivity index (χ1) is 13.3. The van der Waals surface area contributed by atoms with Crippen LogP contribution in [0, 0.1) is 13.8 Å². The first-order valence-electron chi connectivity index (χ1n) is 8.36. The highest BCUT2D eigenvalue weighted by atomic mass is 32.1. The largest absolute Gasteiger partial charge is 0.462 e. The van der Waals surface area contributed by atoms with E-state index < -0.39 is 23.9 Å². The molecule has 2 aromatic rings. The van der Waals surface area contributed by atoms with Crippen molar-refractivity contribution in [2.75, 3.05) is 19.0 Å². The van der Waals surface area contributed by atoms with Crippen LogP contribution in [0.2, 0.25) is 0 Å². The number of methoxy groups -OCH3 is 1. The first kappa shape index (κ1) is 21.1. The lowest BCUT2D eigenvalue weighted by Crippen LogP contribution is -2.31. The van der Waals surface area contributed by atoms with Gasteiger partial charge in [-0.05, 0) is 38.5 Å². The summed E-state index contributed by atoms with van der Waals surface area (Å²) in [5.74, 6) is -1.87. The fourth-order valence-electron chi connectivity index (χ4n) is 2.35. The molecular weight excluding hydrogens is 384 g/mol. The van der Waals surface area contributed by atoms with Crippen LogP contribution in [-0.4, -0.2) is 37.6 Å². The summed E-state index contributed by atoms with van der Waals surface area (Å²) < 4.78 is 9.43. The van der Waals surface area contributed by atoms with Crippen molar-refractivity contribution in [1.29, 1.82) is 0 Å². The van der Waals surface area contributed by atoms with E-state index in [1.54, 1.807) is 31.2 Å². The Hall–Kier alpha value is -3.20. The van der Waals surface area contributed by atoms with Crippen molar-refractivity contribution >= 4 is 40.2 Å². The van der Waals surface area contributed by atoms with Gasteiger partial charge in [-0.3, -0.25) is 14.9 Å². The molecule has 0 spiro atoms. The summed E-state index contributed by atoms with van der Waals surface area (Å²) in [6, 6.07) is 6.85. The van der Waals surface area contributed by atoms with Gasteiger partial charge in [0.15, 0.2) is 0 Å². The molecule has 0 bridgehead atoms. The summed E-state index contributed by atoms with van der Waals surface area (Å²) in [7, 11) is 1.12. The van der Waals surface area contributed by atoms with E-state index in [0.717, 1.165) is 24.0 Å². The Balaban J connectivity index is 2.42. The molecule has 8 nitrogen and oxygen atoms in total. The smallest absolute Gasteiger partial charge is 0.413 e. The zero-order valence-electron chi connectivity index (χ0n) is 15.9. The number of rotatable bonds is 5.